The molecule has 0 bridgehead atoms. The van der Waals surface area contributed by atoms with Gasteiger partial charge in [-0.25, -0.2) is 4.98 Å². The monoisotopic (exact) mass is 358 g/mol. The van der Waals surface area contributed by atoms with E-state index in [-0.39, 0.29) is 0 Å². The predicted octanol–water partition coefficient (Wildman–Crippen LogP) is 5.13. The van der Waals surface area contributed by atoms with Crippen LogP contribution in [-0.2, 0) is 6.54 Å². The Morgan fingerprint density at radius 2 is 1.59 bits per heavy atom. The Hall–Kier alpha value is -2.88. The molecule has 1 heterocycles. The van der Waals surface area contributed by atoms with E-state index < -0.39 is 0 Å². The van der Waals surface area contributed by atoms with Crippen LogP contribution in [0.3, 0.4) is 0 Å². The van der Waals surface area contributed by atoms with Crippen LogP contribution < -0.4 is 10.2 Å². The molecular weight excluding hydrogens is 332 g/mol. The number of nitrogens with zero attached hydrogens (tertiary/aromatic N) is 3. The first kappa shape index (κ1) is 17.5. The first-order chi connectivity index (χ1) is 13.3. The standard InChI is InChI=1S/C23H26N4/c1-27(17-18-10-4-2-5-11-18)23-25-21(19-12-6-3-7-13-19)16-22(26-23)24-20-14-8-9-15-20/h2-7,10-13,16,20H,8-9,14-15,17H2,1H3,(H,24,25,26). The van der Waals surface area contributed by atoms with Crippen molar-refractivity contribution in [2.75, 3.05) is 17.3 Å². The Balaban J connectivity index is 1.64. The van der Waals surface area contributed by atoms with Gasteiger partial charge >= 0.3 is 0 Å². The summed E-state index contributed by atoms with van der Waals surface area (Å²) >= 11 is 0. The molecule has 0 atom stereocenters. The van der Waals surface area contributed by atoms with Gasteiger partial charge in [0.25, 0.3) is 0 Å². The molecule has 138 valence electrons. The highest BCUT2D eigenvalue weighted by atomic mass is 15.2. The van der Waals surface area contributed by atoms with E-state index in [9.17, 15) is 0 Å². The van der Waals surface area contributed by atoms with Gasteiger partial charge in [0.05, 0.1) is 5.69 Å². The fourth-order valence-electron chi connectivity index (χ4n) is 3.64. The minimum Gasteiger partial charge on any atom is -0.367 e. The number of anilines is 2. The predicted molar refractivity (Wildman–Crippen MR) is 112 cm³/mol. The molecular formula is C23H26N4. The molecule has 1 aliphatic carbocycles. The highest BCUT2D eigenvalue weighted by Crippen LogP contribution is 2.26. The maximum atomic E-state index is 4.85. The summed E-state index contributed by atoms with van der Waals surface area (Å²) in [7, 11) is 2.05. The molecule has 1 aliphatic rings. The van der Waals surface area contributed by atoms with Crippen molar-refractivity contribution in [3.05, 3.63) is 72.3 Å². The normalized spacial score (nSPS) is 14.3. The third-order valence-corrected chi connectivity index (χ3v) is 5.10. The SMILES string of the molecule is CN(Cc1ccccc1)c1nc(NC2CCCC2)cc(-c2ccccc2)n1. The molecule has 27 heavy (non-hydrogen) atoms. The largest absolute Gasteiger partial charge is 0.367 e. The Kier molecular flexibility index (Phi) is 5.33. The van der Waals surface area contributed by atoms with Crippen molar-refractivity contribution in [2.24, 2.45) is 0 Å². The van der Waals surface area contributed by atoms with Crippen molar-refractivity contribution in [3.8, 4) is 11.3 Å². The molecule has 0 aliphatic heterocycles. The third-order valence-electron chi connectivity index (χ3n) is 5.10. The van der Waals surface area contributed by atoms with E-state index in [1.807, 2.05) is 12.1 Å². The topological polar surface area (TPSA) is 41.1 Å². The summed E-state index contributed by atoms with van der Waals surface area (Å²) in [6, 6.07) is 23.4. The summed E-state index contributed by atoms with van der Waals surface area (Å²) < 4.78 is 0. The Labute approximate surface area is 161 Å². The van der Waals surface area contributed by atoms with Gasteiger partial charge in [-0.3, -0.25) is 0 Å². The molecule has 1 N–H and O–H groups in total. The van der Waals surface area contributed by atoms with Crippen LogP contribution in [0.15, 0.2) is 66.7 Å². The first-order valence-electron chi connectivity index (χ1n) is 9.74. The molecule has 1 fully saturated rings. The summed E-state index contributed by atoms with van der Waals surface area (Å²) in [4.78, 5) is 11.8. The van der Waals surface area contributed by atoms with E-state index in [0.29, 0.717) is 6.04 Å². The van der Waals surface area contributed by atoms with Crippen LogP contribution in [0.1, 0.15) is 31.2 Å². The van der Waals surface area contributed by atoms with Crippen molar-refractivity contribution < 1.29 is 0 Å². The van der Waals surface area contributed by atoms with Crippen LogP contribution in [-0.4, -0.2) is 23.1 Å². The van der Waals surface area contributed by atoms with E-state index in [0.717, 1.165) is 29.6 Å². The maximum absolute atomic E-state index is 4.85. The van der Waals surface area contributed by atoms with Crippen LogP contribution in [0, 0.1) is 0 Å². The van der Waals surface area contributed by atoms with Gasteiger partial charge in [0, 0.05) is 31.3 Å². The fourth-order valence-corrected chi connectivity index (χ4v) is 3.64. The molecule has 1 aromatic heterocycles. The lowest BCUT2D eigenvalue weighted by Crippen LogP contribution is -2.21. The van der Waals surface area contributed by atoms with Crippen LogP contribution in [0.5, 0.6) is 0 Å². The second-order valence-electron chi connectivity index (χ2n) is 7.27. The van der Waals surface area contributed by atoms with Gasteiger partial charge in [0.1, 0.15) is 5.82 Å². The van der Waals surface area contributed by atoms with Crippen LogP contribution in [0.4, 0.5) is 11.8 Å². The Morgan fingerprint density at radius 3 is 2.30 bits per heavy atom. The van der Waals surface area contributed by atoms with Gasteiger partial charge in [-0.05, 0) is 18.4 Å². The van der Waals surface area contributed by atoms with Gasteiger partial charge in [-0.1, -0.05) is 73.5 Å². The summed E-state index contributed by atoms with van der Waals surface area (Å²) in [6.45, 7) is 0.780. The summed E-state index contributed by atoms with van der Waals surface area (Å²) in [5.41, 5.74) is 3.32. The zero-order chi connectivity index (χ0) is 18.5. The molecule has 3 aromatic rings. The lowest BCUT2D eigenvalue weighted by atomic mass is 10.1. The second-order valence-corrected chi connectivity index (χ2v) is 7.27. The maximum Gasteiger partial charge on any atom is 0.227 e. The lowest BCUT2D eigenvalue weighted by molar-refractivity contribution is 0.748. The average Bonchev–Trinajstić information content (AvgIpc) is 3.22. The molecule has 0 amide bonds. The summed E-state index contributed by atoms with van der Waals surface area (Å²) in [6.07, 6.45) is 5.05. The molecule has 4 rings (SSSR count). The number of hydrogen-bond acceptors (Lipinski definition) is 4. The summed E-state index contributed by atoms with van der Waals surface area (Å²) in [5.74, 6) is 1.67. The molecule has 0 radical (unpaired) electrons. The minimum absolute atomic E-state index is 0.524. The van der Waals surface area contributed by atoms with Crippen LogP contribution in [0.2, 0.25) is 0 Å². The highest BCUT2D eigenvalue weighted by Gasteiger charge is 2.17. The smallest absolute Gasteiger partial charge is 0.227 e. The number of benzene rings is 2. The molecule has 4 heteroatoms. The fraction of sp³-hybridized carbons (Fsp3) is 0.304. The Morgan fingerprint density at radius 1 is 0.926 bits per heavy atom. The molecule has 0 saturated heterocycles. The zero-order valence-corrected chi connectivity index (χ0v) is 15.8. The third kappa shape index (κ3) is 4.45. The molecule has 4 nitrogen and oxygen atoms in total. The quantitative estimate of drug-likeness (QED) is 0.663. The minimum atomic E-state index is 0.524. The molecule has 0 unspecified atom stereocenters. The number of hydrogen-bond donors (Lipinski definition) is 1. The number of aromatic nitrogens is 2. The highest BCUT2D eigenvalue weighted by molar-refractivity contribution is 5.64. The van der Waals surface area contributed by atoms with Crippen molar-refractivity contribution in [3.63, 3.8) is 0 Å². The van der Waals surface area contributed by atoms with E-state index in [1.165, 1.54) is 31.2 Å². The molecule has 1 saturated carbocycles. The van der Waals surface area contributed by atoms with Crippen LogP contribution in [0.25, 0.3) is 11.3 Å². The molecule has 2 aromatic carbocycles. The van der Waals surface area contributed by atoms with Gasteiger partial charge < -0.3 is 10.2 Å². The average molecular weight is 358 g/mol. The van der Waals surface area contributed by atoms with Crippen molar-refractivity contribution in [1.82, 2.24) is 9.97 Å². The molecule has 0 spiro atoms. The van der Waals surface area contributed by atoms with Crippen molar-refractivity contribution in [1.29, 1.82) is 0 Å². The number of nitrogens with one attached hydrogen (secondary N) is 1. The first-order valence-corrected chi connectivity index (χ1v) is 9.74. The van der Waals surface area contributed by atoms with Gasteiger partial charge in [-0.15, -0.1) is 0 Å². The Bertz CT molecular complexity index is 858. The van der Waals surface area contributed by atoms with E-state index in [2.05, 4.69) is 71.9 Å². The van der Waals surface area contributed by atoms with Crippen molar-refractivity contribution >= 4 is 11.8 Å². The van der Waals surface area contributed by atoms with E-state index in [4.69, 9.17) is 9.97 Å². The lowest BCUT2D eigenvalue weighted by Gasteiger charge is -2.20. The van der Waals surface area contributed by atoms with Gasteiger partial charge in [-0.2, -0.15) is 4.98 Å². The van der Waals surface area contributed by atoms with Crippen LogP contribution >= 0.6 is 0 Å². The van der Waals surface area contributed by atoms with Gasteiger partial charge in [0.2, 0.25) is 5.95 Å². The van der Waals surface area contributed by atoms with Crippen molar-refractivity contribution in [2.45, 2.75) is 38.3 Å². The van der Waals surface area contributed by atoms with E-state index >= 15 is 0 Å². The zero-order valence-electron chi connectivity index (χ0n) is 15.8. The van der Waals surface area contributed by atoms with Gasteiger partial charge in [0.15, 0.2) is 0 Å². The van der Waals surface area contributed by atoms with E-state index in [1.54, 1.807) is 0 Å². The number of rotatable bonds is 6. The summed E-state index contributed by atoms with van der Waals surface area (Å²) in [5, 5.41) is 3.63. The second kappa shape index (κ2) is 8.21.